The predicted molar refractivity (Wildman–Crippen MR) is 84.7 cm³/mol. The average molecular weight is 415 g/mol. The van der Waals surface area contributed by atoms with Crippen LogP contribution < -0.4 is 4.18 Å². The fraction of sp³-hybridized carbons (Fsp3) is 0.429. The normalized spacial score (nSPS) is 13.0. The van der Waals surface area contributed by atoms with Crippen molar-refractivity contribution in [1.29, 1.82) is 0 Å². The standard InChI is InChI=1S/C14H13F4NO5S2/c1-13(2,3)23-10(20)6-9-19-11-8(5-4-7(15)12(11)25-9)24-26(21,22)14(16,17)18/h4-5H,6H2,1-3H3. The van der Waals surface area contributed by atoms with Crippen molar-refractivity contribution in [3.05, 3.63) is 23.0 Å². The van der Waals surface area contributed by atoms with Gasteiger partial charge in [-0.1, -0.05) is 0 Å². The largest absolute Gasteiger partial charge is 0.534 e. The van der Waals surface area contributed by atoms with Gasteiger partial charge in [0.15, 0.2) is 5.75 Å². The van der Waals surface area contributed by atoms with Crippen LogP contribution in [0.2, 0.25) is 0 Å². The van der Waals surface area contributed by atoms with Crippen LogP contribution in [0, 0.1) is 5.82 Å². The summed E-state index contributed by atoms with van der Waals surface area (Å²) in [5, 5.41) is 0.0357. The quantitative estimate of drug-likeness (QED) is 0.329. The Labute approximate surface area is 149 Å². The van der Waals surface area contributed by atoms with Crippen molar-refractivity contribution in [2.45, 2.75) is 38.3 Å². The maximum Gasteiger partial charge on any atom is 0.534 e. The van der Waals surface area contributed by atoms with Crippen LogP contribution in [0.25, 0.3) is 10.2 Å². The lowest BCUT2D eigenvalue weighted by molar-refractivity contribution is -0.153. The Bertz CT molecular complexity index is 945. The van der Waals surface area contributed by atoms with E-state index in [0.29, 0.717) is 11.3 Å². The van der Waals surface area contributed by atoms with E-state index in [-0.39, 0.29) is 16.1 Å². The van der Waals surface area contributed by atoms with Crippen molar-refractivity contribution in [3.8, 4) is 5.75 Å². The zero-order valence-electron chi connectivity index (χ0n) is 13.7. The highest BCUT2D eigenvalue weighted by Gasteiger charge is 2.48. The Kier molecular flexibility index (Phi) is 5.21. The summed E-state index contributed by atoms with van der Waals surface area (Å²) >= 11 is 0.683. The molecule has 0 saturated heterocycles. The molecule has 0 unspecified atom stereocenters. The Morgan fingerprint density at radius 2 is 1.85 bits per heavy atom. The van der Waals surface area contributed by atoms with Gasteiger partial charge in [-0.15, -0.1) is 11.3 Å². The fourth-order valence-electron chi connectivity index (χ4n) is 1.81. The van der Waals surface area contributed by atoms with Gasteiger partial charge < -0.3 is 8.92 Å². The van der Waals surface area contributed by atoms with E-state index in [9.17, 15) is 30.8 Å². The number of ether oxygens (including phenoxy) is 1. The lowest BCUT2D eigenvalue weighted by Gasteiger charge is -2.18. The number of rotatable bonds is 4. The summed E-state index contributed by atoms with van der Waals surface area (Å²) in [6.45, 7) is 4.91. The predicted octanol–water partition coefficient (Wildman–Crippen LogP) is 3.55. The second kappa shape index (κ2) is 6.65. The zero-order chi connectivity index (χ0) is 19.9. The van der Waals surface area contributed by atoms with E-state index in [4.69, 9.17) is 4.74 Å². The molecule has 0 aliphatic rings. The monoisotopic (exact) mass is 415 g/mol. The van der Waals surface area contributed by atoms with E-state index in [2.05, 4.69) is 9.17 Å². The summed E-state index contributed by atoms with van der Waals surface area (Å²) in [5.74, 6) is -2.31. The maximum absolute atomic E-state index is 13.9. The first-order valence-electron chi connectivity index (χ1n) is 7.00. The number of hydrogen-bond donors (Lipinski definition) is 0. The number of benzene rings is 1. The molecule has 0 fully saturated rings. The van der Waals surface area contributed by atoms with Gasteiger partial charge in [-0.05, 0) is 32.9 Å². The van der Waals surface area contributed by atoms with Crippen LogP contribution in [-0.4, -0.2) is 30.5 Å². The molecule has 26 heavy (non-hydrogen) atoms. The third kappa shape index (κ3) is 4.61. The minimum atomic E-state index is -5.94. The molecule has 2 aromatic rings. The molecule has 2 rings (SSSR count). The van der Waals surface area contributed by atoms with Gasteiger partial charge in [0, 0.05) is 0 Å². The number of carbonyl (C=O) groups is 1. The van der Waals surface area contributed by atoms with Gasteiger partial charge in [0.2, 0.25) is 0 Å². The van der Waals surface area contributed by atoms with Crippen molar-refractivity contribution in [2.24, 2.45) is 0 Å². The van der Waals surface area contributed by atoms with Crippen LogP contribution in [0.5, 0.6) is 5.75 Å². The molecule has 0 saturated carbocycles. The van der Waals surface area contributed by atoms with E-state index in [0.717, 1.165) is 12.1 Å². The van der Waals surface area contributed by atoms with Crippen LogP contribution >= 0.6 is 11.3 Å². The molecule has 0 aliphatic heterocycles. The van der Waals surface area contributed by atoms with Gasteiger partial charge in [0.25, 0.3) is 0 Å². The van der Waals surface area contributed by atoms with Crippen molar-refractivity contribution < 1.29 is 39.7 Å². The maximum atomic E-state index is 13.9. The SMILES string of the molecule is CC(C)(C)OC(=O)Cc1nc2c(OS(=O)(=O)C(F)(F)F)ccc(F)c2s1. The minimum Gasteiger partial charge on any atom is -0.460 e. The number of nitrogens with zero attached hydrogens (tertiary/aromatic N) is 1. The molecule has 0 N–H and O–H groups in total. The number of esters is 1. The first-order chi connectivity index (χ1) is 11.7. The number of halogens is 4. The van der Waals surface area contributed by atoms with Gasteiger partial charge in [0.05, 0.1) is 11.1 Å². The highest BCUT2D eigenvalue weighted by molar-refractivity contribution is 7.88. The van der Waals surface area contributed by atoms with E-state index in [1.165, 1.54) is 0 Å². The summed E-state index contributed by atoms with van der Waals surface area (Å²) in [6.07, 6.45) is -0.360. The van der Waals surface area contributed by atoms with Crippen LogP contribution in [0.4, 0.5) is 17.6 Å². The molecular formula is C14H13F4NO5S2. The van der Waals surface area contributed by atoms with Crippen molar-refractivity contribution in [1.82, 2.24) is 4.98 Å². The van der Waals surface area contributed by atoms with Gasteiger partial charge in [-0.3, -0.25) is 4.79 Å². The highest BCUT2D eigenvalue weighted by atomic mass is 32.2. The highest BCUT2D eigenvalue weighted by Crippen LogP contribution is 2.35. The zero-order valence-corrected chi connectivity index (χ0v) is 15.3. The summed E-state index contributed by atoms with van der Waals surface area (Å²) < 4.78 is 82.5. The molecule has 0 bridgehead atoms. The third-order valence-corrected chi connectivity index (χ3v) is 4.73. The topological polar surface area (TPSA) is 82.6 Å². The third-order valence-electron chi connectivity index (χ3n) is 2.70. The summed E-state index contributed by atoms with van der Waals surface area (Å²) in [4.78, 5) is 15.6. The Balaban J connectivity index is 2.39. The van der Waals surface area contributed by atoms with Crippen LogP contribution in [-0.2, 0) is 26.1 Å². The average Bonchev–Trinajstić information content (AvgIpc) is 2.83. The van der Waals surface area contributed by atoms with Gasteiger partial charge in [-0.25, -0.2) is 9.37 Å². The molecule has 1 aromatic heterocycles. The molecule has 1 aromatic carbocycles. The second-order valence-corrected chi connectivity index (χ2v) is 8.70. The van der Waals surface area contributed by atoms with Crippen LogP contribution in [0.1, 0.15) is 25.8 Å². The first-order valence-corrected chi connectivity index (χ1v) is 9.22. The van der Waals surface area contributed by atoms with E-state index < -0.39 is 44.3 Å². The number of thiazole rings is 1. The number of hydrogen-bond acceptors (Lipinski definition) is 7. The lowest BCUT2D eigenvalue weighted by Crippen LogP contribution is -2.28. The summed E-state index contributed by atoms with van der Waals surface area (Å²) in [6, 6.07) is 1.47. The molecular weight excluding hydrogens is 402 g/mol. The number of alkyl halides is 3. The molecule has 0 amide bonds. The van der Waals surface area contributed by atoms with Crippen molar-refractivity contribution >= 4 is 37.6 Å². The molecule has 12 heteroatoms. The van der Waals surface area contributed by atoms with Crippen molar-refractivity contribution in [3.63, 3.8) is 0 Å². The molecule has 6 nitrogen and oxygen atoms in total. The van der Waals surface area contributed by atoms with E-state index in [1.807, 2.05) is 0 Å². The number of carbonyl (C=O) groups excluding carboxylic acids is 1. The van der Waals surface area contributed by atoms with Gasteiger partial charge in [0.1, 0.15) is 21.9 Å². The number of fused-ring (bicyclic) bond motifs is 1. The number of aromatic nitrogens is 1. The van der Waals surface area contributed by atoms with Crippen molar-refractivity contribution in [2.75, 3.05) is 0 Å². The van der Waals surface area contributed by atoms with Crippen LogP contribution in [0.3, 0.4) is 0 Å². The summed E-state index contributed by atoms with van der Waals surface area (Å²) in [5.41, 5.74) is -6.85. The smallest absolute Gasteiger partial charge is 0.460 e. The Hall–Kier alpha value is -1.95. The van der Waals surface area contributed by atoms with E-state index in [1.54, 1.807) is 20.8 Å². The van der Waals surface area contributed by atoms with Crippen LogP contribution in [0.15, 0.2) is 12.1 Å². The Morgan fingerprint density at radius 3 is 2.38 bits per heavy atom. The lowest BCUT2D eigenvalue weighted by atomic mass is 10.2. The van der Waals surface area contributed by atoms with E-state index >= 15 is 0 Å². The van der Waals surface area contributed by atoms with Gasteiger partial charge >= 0.3 is 21.6 Å². The molecule has 0 aliphatic carbocycles. The first kappa shape index (κ1) is 20.4. The molecule has 1 heterocycles. The molecule has 0 radical (unpaired) electrons. The minimum absolute atomic E-state index is 0.0357. The second-order valence-electron chi connectivity index (χ2n) is 6.08. The molecule has 144 valence electrons. The fourth-order valence-corrected chi connectivity index (χ4v) is 3.24. The molecule has 0 spiro atoms. The summed E-state index contributed by atoms with van der Waals surface area (Å²) in [7, 11) is -5.94. The Morgan fingerprint density at radius 1 is 1.23 bits per heavy atom. The molecule has 0 atom stereocenters. The van der Waals surface area contributed by atoms with Gasteiger partial charge in [-0.2, -0.15) is 21.6 Å².